The Hall–Kier alpha value is -1.05. The van der Waals surface area contributed by atoms with Gasteiger partial charge in [-0.3, -0.25) is 9.82 Å². The van der Waals surface area contributed by atoms with Gasteiger partial charge in [0.2, 0.25) is 0 Å². The molecule has 2 heterocycles. The summed E-state index contributed by atoms with van der Waals surface area (Å²) in [6, 6.07) is 4.70. The number of thiophene rings is 1. The van der Waals surface area contributed by atoms with E-state index in [0.717, 1.165) is 17.0 Å². The highest BCUT2D eigenvalue weighted by Gasteiger charge is 2.21. The van der Waals surface area contributed by atoms with Crippen molar-refractivity contribution in [2.75, 3.05) is 4.72 Å². The van der Waals surface area contributed by atoms with E-state index in [1.165, 1.54) is 6.07 Å². The summed E-state index contributed by atoms with van der Waals surface area (Å²) in [4.78, 5) is 0. The van der Waals surface area contributed by atoms with E-state index in [1.807, 2.05) is 20.8 Å². The van der Waals surface area contributed by atoms with E-state index in [-0.39, 0.29) is 15.4 Å². The molecule has 0 aliphatic heterocycles. The SMILES string of the molecule is CC(C)(C)c1cc(NS(=O)(=O)c2ccc(Cl)s2)n[nH]1. The zero-order valence-corrected chi connectivity index (χ0v) is 13.1. The molecule has 0 fully saturated rings. The Morgan fingerprint density at radius 1 is 1.37 bits per heavy atom. The standard InChI is InChI=1S/C11H14ClN3O2S2/c1-11(2,3)7-6-9(14-13-7)15-19(16,17)10-5-4-8(12)18-10/h4-6H,1-3H3,(H2,13,14,15). The third kappa shape index (κ3) is 3.29. The molecule has 2 rings (SSSR count). The predicted octanol–water partition coefficient (Wildman–Crippen LogP) is 3.22. The van der Waals surface area contributed by atoms with Gasteiger partial charge in [-0.2, -0.15) is 5.10 Å². The highest BCUT2D eigenvalue weighted by atomic mass is 35.5. The van der Waals surface area contributed by atoms with Gasteiger partial charge in [-0.1, -0.05) is 32.4 Å². The van der Waals surface area contributed by atoms with Gasteiger partial charge in [0, 0.05) is 17.2 Å². The molecule has 0 amide bonds. The Labute approximate surface area is 121 Å². The third-order valence-electron chi connectivity index (χ3n) is 2.44. The molecule has 0 unspecified atom stereocenters. The number of hydrogen-bond donors (Lipinski definition) is 2. The first-order chi connectivity index (χ1) is 8.68. The molecule has 2 aromatic heterocycles. The van der Waals surface area contributed by atoms with Crippen LogP contribution in [0.2, 0.25) is 4.34 Å². The summed E-state index contributed by atoms with van der Waals surface area (Å²) < 4.78 is 27.1. The Kier molecular flexibility index (Phi) is 3.63. The Morgan fingerprint density at radius 3 is 2.53 bits per heavy atom. The van der Waals surface area contributed by atoms with Crippen LogP contribution in [0, 0.1) is 0 Å². The van der Waals surface area contributed by atoms with E-state index in [2.05, 4.69) is 14.9 Å². The summed E-state index contributed by atoms with van der Waals surface area (Å²) in [5.74, 6) is 0.273. The summed E-state index contributed by atoms with van der Waals surface area (Å²) >= 11 is 6.74. The zero-order valence-electron chi connectivity index (χ0n) is 10.7. The molecule has 0 aliphatic carbocycles. The second-order valence-electron chi connectivity index (χ2n) is 5.08. The fraction of sp³-hybridized carbons (Fsp3) is 0.364. The number of aromatic nitrogens is 2. The molecule has 19 heavy (non-hydrogen) atoms. The van der Waals surface area contributed by atoms with Gasteiger partial charge in [-0.05, 0) is 12.1 Å². The van der Waals surface area contributed by atoms with Crippen molar-refractivity contribution in [2.45, 2.75) is 30.4 Å². The maximum absolute atomic E-state index is 12.1. The maximum atomic E-state index is 12.1. The smallest absolute Gasteiger partial charge is 0.272 e. The normalized spacial score (nSPS) is 12.6. The highest BCUT2D eigenvalue weighted by molar-refractivity contribution is 7.94. The number of H-pyrrole nitrogens is 1. The summed E-state index contributed by atoms with van der Waals surface area (Å²) in [6.07, 6.45) is 0. The van der Waals surface area contributed by atoms with Crippen LogP contribution >= 0.6 is 22.9 Å². The fourth-order valence-corrected chi connectivity index (χ4v) is 3.86. The van der Waals surface area contributed by atoms with Gasteiger partial charge in [0.25, 0.3) is 10.0 Å². The molecule has 0 atom stereocenters. The monoisotopic (exact) mass is 319 g/mol. The molecule has 0 bridgehead atoms. The van der Waals surface area contributed by atoms with Crippen LogP contribution in [0.1, 0.15) is 26.5 Å². The van der Waals surface area contributed by atoms with Crippen LogP contribution in [0.15, 0.2) is 22.4 Å². The second kappa shape index (κ2) is 4.81. The summed E-state index contributed by atoms with van der Waals surface area (Å²) in [5, 5.41) is 6.78. The molecule has 0 spiro atoms. The summed E-state index contributed by atoms with van der Waals surface area (Å²) in [5.41, 5.74) is 0.734. The lowest BCUT2D eigenvalue weighted by Gasteiger charge is -2.14. The van der Waals surface area contributed by atoms with Gasteiger partial charge >= 0.3 is 0 Å². The van der Waals surface area contributed by atoms with Gasteiger partial charge in [0.15, 0.2) is 5.82 Å². The van der Waals surface area contributed by atoms with E-state index >= 15 is 0 Å². The van der Waals surface area contributed by atoms with Crippen molar-refractivity contribution < 1.29 is 8.42 Å². The molecule has 8 heteroatoms. The van der Waals surface area contributed by atoms with Gasteiger partial charge in [0.05, 0.1) is 4.34 Å². The molecule has 5 nitrogen and oxygen atoms in total. The molecule has 0 radical (unpaired) electrons. The molecule has 0 saturated heterocycles. The summed E-state index contributed by atoms with van der Waals surface area (Å²) in [7, 11) is -3.62. The Morgan fingerprint density at radius 2 is 2.05 bits per heavy atom. The first-order valence-electron chi connectivity index (χ1n) is 5.52. The van der Waals surface area contributed by atoms with Crippen molar-refractivity contribution in [2.24, 2.45) is 0 Å². The van der Waals surface area contributed by atoms with Gasteiger partial charge < -0.3 is 0 Å². The number of aromatic amines is 1. The van der Waals surface area contributed by atoms with Crippen LogP contribution in [-0.2, 0) is 15.4 Å². The molecule has 0 aromatic carbocycles. The zero-order chi connectivity index (χ0) is 14.3. The lowest BCUT2D eigenvalue weighted by molar-refractivity contribution is 0.567. The van der Waals surface area contributed by atoms with Gasteiger partial charge in [-0.15, -0.1) is 11.3 Å². The van der Waals surface area contributed by atoms with Crippen LogP contribution in [0.25, 0.3) is 0 Å². The number of anilines is 1. The first kappa shape index (κ1) is 14.4. The van der Waals surface area contributed by atoms with Crippen molar-refractivity contribution in [3.63, 3.8) is 0 Å². The third-order valence-corrected chi connectivity index (χ3v) is 5.52. The molecule has 0 aliphatic rings. The lowest BCUT2D eigenvalue weighted by atomic mass is 9.92. The average Bonchev–Trinajstić information content (AvgIpc) is 2.85. The van der Waals surface area contributed by atoms with Crippen molar-refractivity contribution in [1.82, 2.24) is 10.2 Å². The minimum atomic E-state index is -3.62. The minimum absolute atomic E-state index is 0.122. The molecule has 2 aromatic rings. The predicted molar refractivity (Wildman–Crippen MR) is 77.4 cm³/mol. The number of rotatable bonds is 3. The quantitative estimate of drug-likeness (QED) is 0.912. The van der Waals surface area contributed by atoms with Crippen LogP contribution in [0.5, 0.6) is 0 Å². The van der Waals surface area contributed by atoms with Crippen LogP contribution in [-0.4, -0.2) is 18.6 Å². The molecule has 104 valence electrons. The van der Waals surface area contributed by atoms with E-state index in [9.17, 15) is 8.42 Å². The largest absolute Gasteiger partial charge is 0.280 e. The van der Waals surface area contributed by atoms with E-state index in [0.29, 0.717) is 4.34 Å². The average molecular weight is 320 g/mol. The molecular formula is C11H14ClN3O2S2. The highest BCUT2D eigenvalue weighted by Crippen LogP contribution is 2.28. The Balaban J connectivity index is 2.24. The lowest BCUT2D eigenvalue weighted by Crippen LogP contribution is -2.12. The van der Waals surface area contributed by atoms with E-state index in [1.54, 1.807) is 12.1 Å². The van der Waals surface area contributed by atoms with Gasteiger partial charge in [-0.25, -0.2) is 8.42 Å². The van der Waals surface area contributed by atoms with Gasteiger partial charge in [0.1, 0.15) is 4.21 Å². The topological polar surface area (TPSA) is 74.8 Å². The van der Waals surface area contributed by atoms with Crippen molar-refractivity contribution in [1.29, 1.82) is 0 Å². The number of hydrogen-bond acceptors (Lipinski definition) is 4. The van der Waals surface area contributed by atoms with Crippen molar-refractivity contribution in [3.05, 3.63) is 28.2 Å². The van der Waals surface area contributed by atoms with Crippen LogP contribution in [0.4, 0.5) is 5.82 Å². The minimum Gasteiger partial charge on any atom is -0.280 e. The summed E-state index contributed by atoms with van der Waals surface area (Å²) in [6.45, 7) is 6.04. The van der Waals surface area contributed by atoms with Crippen molar-refractivity contribution >= 4 is 38.8 Å². The van der Waals surface area contributed by atoms with E-state index in [4.69, 9.17) is 11.6 Å². The first-order valence-corrected chi connectivity index (χ1v) is 8.20. The number of halogens is 1. The van der Waals surface area contributed by atoms with Crippen LogP contribution < -0.4 is 4.72 Å². The Bertz CT molecular complexity index is 683. The number of nitrogens with zero attached hydrogens (tertiary/aromatic N) is 1. The maximum Gasteiger partial charge on any atom is 0.272 e. The second-order valence-corrected chi connectivity index (χ2v) is 8.71. The van der Waals surface area contributed by atoms with Crippen molar-refractivity contribution in [3.8, 4) is 0 Å². The number of sulfonamides is 1. The fourth-order valence-electron chi connectivity index (χ4n) is 1.39. The van der Waals surface area contributed by atoms with Crippen LogP contribution in [0.3, 0.4) is 0 Å². The molecular weight excluding hydrogens is 306 g/mol. The van der Waals surface area contributed by atoms with E-state index < -0.39 is 10.0 Å². The number of nitrogens with one attached hydrogen (secondary N) is 2. The molecule has 0 saturated carbocycles. The molecule has 2 N–H and O–H groups in total.